The Bertz CT molecular complexity index is 723. The molecule has 7 heteroatoms. The third-order valence-corrected chi connectivity index (χ3v) is 15.3. The molecule has 0 aliphatic rings. The van der Waals surface area contributed by atoms with Gasteiger partial charge in [0.2, 0.25) is 0 Å². The van der Waals surface area contributed by atoms with Crippen molar-refractivity contribution >= 4 is 20.6 Å². The van der Waals surface area contributed by atoms with Gasteiger partial charge in [0.1, 0.15) is 0 Å². The lowest BCUT2D eigenvalue weighted by molar-refractivity contribution is -0.0793. The molecular weight excluding hydrogens is 731 g/mol. The lowest BCUT2D eigenvalue weighted by Gasteiger charge is -2.35. The molecule has 0 aromatic carbocycles. The fourth-order valence-electron chi connectivity index (χ4n) is 7.50. The van der Waals surface area contributed by atoms with Gasteiger partial charge in [-0.3, -0.25) is 0 Å². The molecule has 0 heterocycles. The molecule has 0 aromatic rings. The second-order valence-electron chi connectivity index (χ2n) is 18.1. The van der Waals surface area contributed by atoms with Crippen molar-refractivity contribution in [1.82, 2.24) is 4.90 Å². The highest BCUT2D eigenvalue weighted by Crippen LogP contribution is 2.45. The third-order valence-electron chi connectivity index (χ3n) is 11.3. The predicted octanol–water partition coefficient (Wildman–Crippen LogP) is 16.2. The second kappa shape index (κ2) is 40.9. The molecule has 342 valence electrons. The van der Waals surface area contributed by atoms with Gasteiger partial charge in [0.25, 0.3) is 0 Å². The molecular formula is C49H105NO4S2. The highest BCUT2D eigenvalue weighted by atomic mass is 32.3. The Balaban J connectivity index is 4.27. The first kappa shape index (κ1) is 56.5. The van der Waals surface area contributed by atoms with Gasteiger partial charge < -0.3 is 22.7 Å². The summed E-state index contributed by atoms with van der Waals surface area (Å²) in [5.74, 6) is 2.43. The standard InChI is InChI=1S/C49H105NO4S2/c1-10-14-18-22-30-38-46-55(6,7)53-48(40-32-24-20-16-12-3)51-44-36-28-26-34-42-50(5)43-35-27-29-37-45-52-49(41-33-25-21-17-13-4)54-56(8,9)47-39-31-23-19-15-11-2/h48-49H,10-47H2,1-9H3. The number of nitrogens with zero attached hydrogens (tertiary/aromatic N) is 1. The van der Waals surface area contributed by atoms with Crippen LogP contribution in [0.2, 0.25) is 0 Å². The van der Waals surface area contributed by atoms with Gasteiger partial charge in [-0.05, 0) is 121 Å². The number of hydrogen-bond donors (Lipinski definition) is 0. The van der Waals surface area contributed by atoms with E-state index in [0.29, 0.717) is 0 Å². The van der Waals surface area contributed by atoms with Crippen LogP contribution in [0.1, 0.15) is 233 Å². The number of ether oxygens (including phenoxy) is 2. The Morgan fingerprint density at radius 2 is 0.643 bits per heavy atom. The van der Waals surface area contributed by atoms with E-state index in [9.17, 15) is 0 Å². The van der Waals surface area contributed by atoms with E-state index in [1.165, 1.54) is 204 Å². The van der Waals surface area contributed by atoms with Crippen LogP contribution in [0.15, 0.2) is 0 Å². The van der Waals surface area contributed by atoms with Gasteiger partial charge in [0, 0.05) is 13.2 Å². The second-order valence-corrected chi connectivity index (χ2v) is 25.1. The molecule has 0 N–H and O–H groups in total. The third kappa shape index (κ3) is 39.9. The molecule has 5 nitrogen and oxygen atoms in total. The average Bonchev–Trinajstić information content (AvgIpc) is 3.16. The van der Waals surface area contributed by atoms with Gasteiger partial charge in [-0.2, -0.15) is 0 Å². The molecule has 2 atom stereocenters. The molecule has 0 spiro atoms. The zero-order valence-corrected chi connectivity index (χ0v) is 41.6. The summed E-state index contributed by atoms with van der Waals surface area (Å²) in [6.45, 7) is 13.3. The Morgan fingerprint density at radius 3 is 1.00 bits per heavy atom. The fraction of sp³-hybridized carbons (Fsp3) is 1.00. The van der Waals surface area contributed by atoms with Crippen LogP contribution >= 0.6 is 20.6 Å². The van der Waals surface area contributed by atoms with Crippen LogP contribution in [-0.2, 0) is 17.8 Å². The van der Waals surface area contributed by atoms with Gasteiger partial charge in [0.15, 0.2) is 12.6 Å². The molecule has 0 radical (unpaired) electrons. The SMILES string of the molecule is CCCCCCCCS(C)(C)OC(CCCCCCC)OCCCCCCN(C)CCCCCCOC(CCCCCCC)OS(C)(C)CCCCCCCC. The smallest absolute Gasteiger partial charge is 0.168 e. The fourth-order valence-corrected chi connectivity index (χ4v) is 11.0. The first-order chi connectivity index (χ1) is 27.1. The molecule has 0 aliphatic carbocycles. The molecule has 0 aliphatic heterocycles. The monoisotopic (exact) mass is 836 g/mol. The van der Waals surface area contributed by atoms with Crippen LogP contribution in [0, 0.1) is 0 Å². The minimum absolute atomic E-state index is 0.0117. The molecule has 2 unspecified atom stereocenters. The van der Waals surface area contributed by atoms with Crippen LogP contribution in [0.3, 0.4) is 0 Å². The van der Waals surface area contributed by atoms with Gasteiger partial charge >= 0.3 is 0 Å². The maximum atomic E-state index is 6.72. The zero-order valence-electron chi connectivity index (χ0n) is 39.9. The topological polar surface area (TPSA) is 40.2 Å². The Kier molecular flexibility index (Phi) is 41.2. The minimum atomic E-state index is -1.06. The molecule has 0 saturated heterocycles. The number of rotatable bonds is 46. The van der Waals surface area contributed by atoms with Gasteiger partial charge in [0.05, 0.1) is 0 Å². The summed E-state index contributed by atoms with van der Waals surface area (Å²) in [5, 5.41) is 0. The number of hydrogen-bond acceptors (Lipinski definition) is 5. The van der Waals surface area contributed by atoms with Crippen LogP contribution < -0.4 is 0 Å². The van der Waals surface area contributed by atoms with Crippen LogP contribution in [0.25, 0.3) is 0 Å². The van der Waals surface area contributed by atoms with Crippen molar-refractivity contribution in [2.45, 2.75) is 246 Å². The van der Waals surface area contributed by atoms with E-state index < -0.39 is 20.6 Å². The molecule has 0 rings (SSSR count). The predicted molar refractivity (Wildman–Crippen MR) is 258 cm³/mol. The molecule has 56 heavy (non-hydrogen) atoms. The summed E-state index contributed by atoms with van der Waals surface area (Å²) in [6.07, 6.45) is 50.8. The summed E-state index contributed by atoms with van der Waals surface area (Å²) in [6, 6.07) is 0. The summed E-state index contributed by atoms with van der Waals surface area (Å²) < 4.78 is 26.3. The van der Waals surface area contributed by atoms with Gasteiger partial charge in [-0.1, -0.05) is 169 Å². The van der Waals surface area contributed by atoms with Crippen LogP contribution in [0.4, 0.5) is 0 Å². The van der Waals surface area contributed by atoms with E-state index in [1.807, 2.05) is 0 Å². The van der Waals surface area contributed by atoms with Crippen molar-refractivity contribution < 1.29 is 17.8 Å². The van der Waals surface area contributed by atoms with Crippen molar-refractivity contribution in [3.05, 3.63) is 0 Å². The lowest BCUT2D eigenvalue weighted by Crippen LogP contribution is -2.22. The highest BCUT2D eigenvalue weighted by Gasteiger charge is 2.21. The van der Waals surface area contributed by atoms with Crippen molar-refractivity contribution in [3.8, 4) is 0 Å². The zero-order chi connectivity index (χ0) is 41.4. The first-order valence-corrected chi connectivity index (χ1v) is 29.9. The quantitative estimate of drug-likeness (QED) is 0.0451. The summed E-state index contributed by atoms with van der Waals surface area (Å²) in [4.78, 5) is 2.54. The normalized spacial score (nSPS) is 14.2. The van der Waals surface area contributed by atoms with E-state index in [4.69, 9.17) is 17.8 Å². The lowest BCUT2D eigenvalue weighted by atomic mass is 10.1. The summed E-state index contributed by atoms with van der Waals surface area (Å²) in [7, 11) is 0.190. The molecule has 0 saturated carbocycles. The van der Waals surface area contributed by atoms with Crippen molar-refractivity contribution in [2.75, 3.05) is 69.9 Å². The molecule has 0 fully saturated rings. The van der Waals surface area contributed by atoms with Crippen molar-refractivity contribution in [3.63, 3.8) is 0 Å². The van der Waals surface area contributed by atoms with E-state index in [-0.39, 0.29) is 12.6 Å². The minimum Gasteiger partial charge on any atom is -0.352 e. The van der Waals surface area contributed by atoms with E-state index in [0.717, 1.165) is 38.9 Å². The maximum absolute atomic E-state index is 6.72. The Morgan fingerprint density at radius 1 is 0.357 bits per heavy atom. The Labute approximate surface area is 357 Å². The molecule has 0 aromatic heterocycles. The van der Waals surface area contributed by atoms with Crippen LogP contribution in [0.5, 0.6) is 0 Å². The first-order valence-electron chi connectivity index (χ1n) is 24.8. The molecule has 0 bridgehead atoms. The maximum Gasteiger partial charge on any atom is 0.168 e. The van der Waals surface area contributed by atoms with Gasteiger partial charge in [-0.15, -0.1) is 20.6 Å². The van der Waals surface area contributed by atoms with Crippen molar-refractivity contribution in [2.24, 2.45) is 0 Å². The summed E-state index contributed by atoms with van der Waals surface area (Å²) in [5.41, 5.74) is 0. The largest absolute Gasteiger partial charge is 0.352 e. The van der Waals surface area contributed by atoms with Crippen molar-refractivity contribution in [1.29, 1.82) is 0 Å². The Hall–Kier alpha value is 0.500. The van der Waals surface area contributed by atoms with Crippen LogP contribution in [-0.4, -0.2) is 87.4 Å². The van der Waals surface area contributed by atoms with E-state index in [2.05, 4.69) is 64.7 Å². The average molecular weight is 837 g/mol. The van der Waals surface area contributed by atoms with Gasteiger partial charge in [-0.25, -0.2) is 0 Å². The van der Waals surface area contributed by atoms with E-state index in [1.54, 1.807) is 0 Å². The highest BCUT2D eigenvalue weighted by molar-refractivity contribution is 8.29. The van der Waals surface area contributed by atoms with E-state index >= 15 is 0 Å². The molecule has 0 amide bonds. The summed E-state index contributed by atoms with van der Waals surface area (Å²) >= 11 is 0. The number of unbranched alkanes of at least 4 members (excludes halogenated alkanes) is 24.